The average Bonchev–Trinajstić information content (AvgIpc) is 2.47. The lowest BCUT2D eigenvalue weighted by Crippen LogP contribution is -2.30. The Balaban J connectivity index is 2.39. The first-order valence-electron chi connectivity index (χ1n) is 6.79. The number of anilines is 1. The summed E-state index contributed by atoms with van der Waals surface area (Å²) in [4.78, 5) is 14.3. The topological polar surface area (TPSA) is 70.4 Å². The predicted octanol–water partition coefficient (Wildman–Crippen LogP) is 1.43. The Hall–Kier alpha value is -1.59. The van der Waals surface area contributed by atoms with Crippen LogP contribution in [0.3, 0.4) is 0 Å². The number of hydrogen-bond donors (Lipinski definition) is 3. The van der Waals surface area contributed by atoms with Gasteiger partial charge in [-0.25, -0.2) is 0 Å². The van der Waals surface area contributed by atoms with Gasteiger partial charge in [0.15, 0.2) is 0 Å². The van der Waals surface area contributed by atoms with Gasteiger partial charge in [0, 0.05) is 6.54 Å². The minimum Gasteiger partial charge on any atom is -0.352 e. The van der Waals surface area contributed by atoms with Gasteiger partial charge in [0.2, 0.25) is 0 Å². The summed E-state index contributed by atoms with van der Waals surface area (Å²) < 4.78 is 0. The van der Waals surface area contributed by atoms with Gasteiger partial charge in [0.05, 0.1) is 11.3 Å². The van der Waals surface area contributed by atoms with Crippen molar-refractivity contribution in [2.24, 2.45) is 5.84 Å². The van der Waals surface area contributed by atoms with Crippen LogP contribution in [0.5, 0.6) is 0 Å². The van der Waals surface area contributed by atoms with Crippen LogP contribution in [0.1, 0.15) is 30.6 Å². The van der Waals surface area contributed by atoms with Crippen LogP contribution < -0.4 is 16.6 Å². The maximum Gasteiger partial charge on any atom is 0.253 e. The third-order valence-electron chi connectivity index (χ3n) is 3.16. The molecule has 1 amide bonds. The largest absolute Gasteiger partial charge is 0.352 e. The van der Waals surface area contributed by atoms with Crippen LogP contribution in [0.4, 0.5) is 5.69 Å². The number of benzene rings is 1. The standard InChI is InChI=1S/C14H24N4O/c1-3-18(4-2)11-7-10-16-14(19)12-8-5-6-9-13(12)17-15/h5-6,8-9,17H,3-4,7,10-11,15H2,1-2H3,(H,16,19). The second-order valence-electron chi connectivity index (χ2n) is 4.33. The van der Waals surface area contributed by atoms with E-state index in [1.54, 1.807) is 12.1 Å². The molecule has 0 atom stereocenters. The van der Waals surface area contributed by atoms with Crippen LogP contribution in [0, 0.1) is 0 Å². The van der Waals surface area contributed by atoms with Gasteiger partial charge in [0.25, 0.3) is 5.91 Å². The van der Waals surface area contributed by atoms with Crippen LogP contribution in [0.2, 0.25) is 0 Å². The Bertz CT molecular complexity index is 391. The minimum absolute atomic E-state index is 0.0897. The minimum atomic E-state index is -0.0897. The number of nitrogens with zero attached hydrogens (tertiary/aromatic N) is 1. The molecule has 4 N–H and O–H groups in total. The zero-order chi connectivity index (χ0) is 14.1. The summed E-state index contributed by atoms with van der Waals surface area (Å²) in [5.41, 5.74) is 3.75. The molecule has 0 aliphatic heterocycles. The summed E-state index contributed by atoms with van der Waals surface area (Å²) in [5, 5.41) is 2.92. The third-order valence-corrected chi connectivity index (χ3v) is 3.16. The van der Waals surface area contributed by atoms with E-state index in [0.29, 0.717) is 17.8 Å². The van der Waals surface area contributed by atoms with Gasteiger partial charge < -0.3 is 15.6 Å². The summed E-state index contributed by atoms with van der Waals surface area (Å²) in [6.45, 7) is 8.06. The van der Waals surface area contributed by atoms with Crippen molar-refractivity contribution in [2.75, 3.05) is 31.6 Å². The van der Waals surface area contributed by atoms with Crippen molar-refractivity contribution in [2.45, 2.75) is 20.3 Å². The molecule has 1 aromatic carbocycles. The van der Waals surface area contributed by atoms with E-state index >= 15 is 0 Å². The van der Waals surface area contributed by atoms with Crippen molar-refractivity contribution < 1.29 is 4.79 Å². The summed E-state index contributed by atoms with van der Waals surface area (Å²) in [6, 6.07) is 7.21. The van der Waals surface area contributed by atoms with Gasteiger partial charge >= 0.3 is 0 Å². The molecule has 1 rings (SSSR count). The zero-order valence-electron chi connectivity index (χ0n) is 11.8. The molecular weight excluding hydrogens is 240 g/mol. The van der Waals surface area contributed by atoms with Crippen LogP contribution in [0.15, 0.2) is 24.3 Å². The molecule has 0 bridgehead atoms. The number of nitrogen functional groups attached to an aromatic ring is 1. The molecule has 0 spiro atoms. The van der Waals surface area contributed by atoms with Gasteiger partial charge in [-0.2, -0.15) is 0 Å². The van der Waals surface area contributed by atoms with Crippen molar-refractivity contribution in [1.29, 1.82) is 0 Å². The van der Waals surface area contributed by atoms with E-state index in [0.717, 1.165) is 26.1 Å². The number of hydrogen-bond acceptors (Lipinski definition) is 4. The molecule has 5 heteroatoms. The van der Waals surface area contributed by atoms with E-state index in [1.165, 1.54) is 0 Å². The lowest BCUT2D eigenvalue weighted by molar-refractivity contribution is 0.0952. The second kappa shape index (κ2) is 8.50. The number of rotatable bonds is 8. The predicted molar refractivity (Wildman–Crippen MR) is 79.0 cm³/mol. The summed E-state index contributed by atoms with van der Waals surface area (Å²) in [5.74, 6) is 5.29. The van der Waals surface area contributed by atoms with Crippen molar-refractivity contribution in [3.05, 3.63) is 29.8 Å². The van der Waals surface area contributed by atoms with E-state index in [1.807, 2.05) is 12.1 Å². The maximum atomic E-state index is 12.0. The Morgan fingerprint density at radius 1 is 1.26 bits per heavy atom. The molecule has 0 unspecified atom stereocenters. The molecule has 0 radical (unpaired) electrons. The number of amides is 1. The Morgan fingerprint density at radius 3 is 2.58 bits per heavy atom. The fraction of sp³-hybridized carbons (Fsp3) is 0.500. The highest BCUT2D eigenvalue weighted by Gasteiger charge is 2.09. The average molecular weight is 264 g/mol. The van der Waals surface area contributed by atoms with Crippen LogP contribution in [-0.2, 0) is 0 Å². The van der Waals surface area contributed by atoms with Crippen LogP contribution >= 0.6 is 0 Å². The highest BCUT2D eigenvalue weighted by Crippen LogP contribution is 2.12. The summed E-state index contributed by atoms with van der Waals surface area (Å²) in [6.07, 6.45) is 0.950. The van der Waals surface area contributed by atoms with E-state index in [9.17, 15) is 4.79 Å². The number of carbonyl (C=O) groups excluding carboxylic acids is 1. The van der Waals surface area contributed by atoms with Crippen molar-refractivity contribution >= 4 is 11.6 Å². The first kappa shape index (κ1) is 15.5. The third kappa shape index (κ3) is 4.89. The lowest BCUT2D eigenvalue weighted by Gasteiger charge is -2.17. The highest BCUT2D eigenvalue weighted by atomic mass is 16.1. The van der Waals surface area contributed by atoms with E-state index in [4.69, 9.17) is 5.84 Å². The molecule has 1 aromatic rings. The molecule has 0 aliphatic rings. The fourth-order valence-electron chi connectivity index (χ4n) is 1.95. The number of hydrazine groups is 1. The van der Waals surface area contributed by atoms with Gasteiger partial charge in [-0.05, 0) is 38.2 Å². The molecule has 0 saturated carbocycles. The van der Waals surface area contributed by atoms with E-state index in [-0.39, 0.29) is 5.91 Å². The zero-order valence-corrected chi connectivity index (χ0v) is 11.8. The SMILES string of the molecule is CCN(CC)CCCNC(=O)c1ccccc1NN. The van der Waals surface area contributed by atoms with Crippen molar-refractivity contribution in [3.63, 3.8) is 0 Å². The number of nitrogens with two attached hydrogens (primary N) is 1. The van der Waals surface area contributed by atoms with Crippen molar-refractivity contribution in [1.82, 2.24) is 10.2 Å². The Kier molecular flexibility index (Phi) is 6.92. The first-order chi connectivity index (χ1) is 9.22. The van der Waals surface area contributed by atoms with Crippen LogP contribution in [0.25, 0.3) is 0 Å². The second-order valence-corrected chi connectivity index (χ2v) is 4.33. The summed E-state index contributed by atoms with van der Waals surface area (Å²) >= 11 is 0. The first-order valence-corrected chi connectivity index (χ1v) is 6.79. The number of nitrogens with one attached hydrogen (secondary N) is 2. The van der Waals surface area contributed by atoms with E-state index in [2.05, 4.69) is 29.5 Å². The molecule has 106 valence electrons. The van der Waals surface area contributed by atoms with Crippen LogP contribution in [-0.4, -0.2) is 37.0 Å². The Morgan fingerprint density at radius 2 is 1.95 bits per heavy atom. The van der Waals surface area contributed by atoms with Gasteiger partial charge in [-0.1, -0.05) is 26.0 Å². The quantitative estimate of drug-likeness (QED) is 0.377. The molecule has 0 saturated heterocycles. The smallest absolute Gasteiger partial charge is 0.253 e. The molecule has 5 nitrogen and oxygen atoms in total. The van der Waals surface area contributed by atoms with E-state index < -0.39 is 0 Å². The molecule has 0 fully saturated rings. The van der Waals surface area contributed by atoms with Gasteiger partial charge in [-0.3, -0.25) is 10.6 Å². The maximum absolute atomic E-state index is 12.0. The molecule has 19 heavy (non-hydrogen) atoms. The molecular formula is C14H24N4O. The fourth-order valence-corrected chi connectivity index (χ4v) is 1.95. The van der Waals surface area contributed by atoms with Crippen molar-refractivity contribution in [3.8, 4) is 0 Å². The lowest BCUT2D eigenvalue weighted by atomic mass is 10.1. The number of para-hydroxylation sites is 1. The summed E-state index contributed by atoms with van der Waals surface area (Å²) in [7, 11) is 0. The molecule has 0 heterocycles. The molecule has 0 aliphatic carbocycles. The van der Waals surface area contributed by atoms with Gasteiger partial charge in [0.1, 0.15) is 0 Å². The Labute approximate surface area is 115 Å². The monoisotopic (exact) mass is 264 g/mol. The number of carbonyl (C=O) groups is 1. The highest BCUT2D eigenvalue weighted by molar-refractivity contribution is 5.99. The molecule has 0 aromatic heterocycles. The normalized spacial score (nSPS) is 10.5. The van der Waals surface area contributed by atoms with Gasteiger partial charge in [-0.15, -0.1) is 0 Å².